The summed E-state index contributed by atoms with van der Waals surface area (Å²) in [7, 11) is 0. The van der Waals surface area contributed by atoms with Crippen LogP contribution in [0.1, 0.15) is 45.6 Å². The van der Waals surface area contributed by atoms with Crippen LogP contribution < -0.4 is 3.61 Å². The molecule has 0 fully saturated rings. The van der Waals surface area contributed by atoms with Crippen molar-refractivity contribution < 1.29 is 4.79 Å². The van der Waals surface area contributed by atoms with Gasteiger partial charge < -0.3 is 0 Å². The molecule has 1 aromatic rings. The first-order valence-electron chi connectivity index (χ1n) is 6.36. The molecule has 1 unspecified atom stereocenters. The summed E-state index contributed by atoms with van der Waals surface area (Å²) in [5, 5.41) is 0. The van der Waals surface area contributed by atoms with Gasteiger partial charge in [-0.15, -0.1) is 0 Å². The molecule has 0 spiro atoms. The standard InChI is InChI=1S/C16H20OTe/c1-11(17)9-12-10-15(16(2,3)4)18-14-8-6-5-7-13(12)14/h5-8,10,12H,9H2,1-4H3. The van der Waals surface area contributed by atoms with E-state index in [4.69, 9.17) is 0 Å². The Hall–Kier alpha value is -0.580. The zero-order valence-corrected chi connectivity index (χ0v) is 13.8. The fourth-order valence-electron chi connectivity index (χ4n) is 2.19. The molecule has 2 rings (SSSR count). The Morgan fingerprint density at radius 1 is 1.28 bits per heavy atom. The fourth-order valence-corrected chi connectivity index (χ4v) is 5.78. The van der Waals surface area contributed by atoms with Crippen molar-refractivity contribution in [1.82, 2.24) is 0 Å². The van der Waals surface area contributed by atoms with Crippen LogP contribution in [-0.4, -0.2) is 26.7 Å². The Balaban J connectivity index is 2.42. The van der Waals surface area contributed by atoms with E-state index in [-0.39, 0.29) is 32.1 Å². The van der Waals surface area contributed by atoms with E-state index in [1.54, 1.807) is 10.5 Å². The summed E-state index contributed by atoms with van der Waals surface area (Å²) in [5.41, 5.74) is 1.63. The number of benzene rings is 1. The van der Waals surface area contributed by atoms with E-state index in [0.29, 0.717) is 12.3 Å². The van der Waals surface area contributed by atoms with Crippen molar-refractivity contribution in [2.75, 3.05) is 0 Å². The maximum absolute atomic E-state index is 11.5. The number of carbonyl (C=O) groups is 1. The molecule has 1 aromatic carbocycles. The van der Waals surface area contributed by atoms with Crippen molar-refractivity contribution in [2.45, 2.75) is 40.0 Å². The molecule has 1 heterocycles. The van der Waals surface area contributed by atoms with Gasteiger partial charge in [0.15, 0.2) is 0 Å². The number of carbonyl (C=O) groups excluding carboxylic acids is 1. The molecule has 0 bridgehead atoms. The Morgan fingerprint density at radius 3 is 2.56 bits per heavy atom. The third-order valence-corrected chi connectivity index (χ3v) is 7.59. The molecule has 2 heteroatoms. The third-order valence-electron chi connectivity index (χ3n) is 3.14. The summed E-state index contributed by atoms with van der Waals surface area (Å²) in [6.45, 7) is 8.53. The number of rotatable bonds is 2. The Labute approximate surface area is 120 Å². The average Bonchev–Trinajstić information content (AvgIpc) is 2.27. The SMILES string of the molecule is CC(=O)CC1C=C(C(C)(C)C)[Te]c2ccccc21. The van der Waals surface area contributed by atoms with E-state index in [1.165, 1.54) is 9.17 Å². The zero-order valence-electron chi connectivity index (χ0n) is 11.5. The van der Waals surface area contributed by atoms with Crippen LogP contribution in [0, 0.1) is 5.41 Å². The number of hydrogen-bond acceptors (Lipinski definition) is 1. The summed E-state index contributed by atoms with van der Waals surface area (Å²) < 4.78 is 3.10. The summed E-state index contributed by atoms with van der Waals surface area (Å²) in [6.07, 6.45) is 3.02. The van der Waals surface area contributed by atoms with Gasteiger partial charge in [0, 0.05) is 0 Å². The van der Waals surface area contributed by atoms with Gasteiger partial charge in [-0.05, 0) is 0 Å². The molecule has 0 amide bonds. The molecule has 0 aromatic heterocycles. The summed E-state index contributed by atoms with van der Waals surface area (Å²) in [5.74, 6) is 0.577. The second-order valence-electron chi connectivity index (χ2n) is 5.93. The number of allylic oxidation sites excluding steroid dienone is 2. The predicted molar refractivity (Wildman–Crippen MR) is 77.4 cm³/mol. The van der Waals surface area contributed by atoms with E-state index in [2.05, 4.69) is 51.1 Å². The topological polar surface area (TPSA) is 17.1 Å². The Kier molecular flexibility index (Phi) is 3.99. The van der Waals surface area contributed by atoms with E-state index >= 15 is 0 Å². The van der Waals surface area contributed by atoms with Crippen molar-refractivity contribution in [3.05, 3.63) is 39.5 Å². The molecule has 0 saturated carbocycles. The van der Waals surface area contributed by atoms with Crippen LogP contribution in [0.5, 0.6) is 0 Å². The molecule has 0 aliphatic carbocycles. The zero-order chi connectivity index (χ0) is 13.3. The van der Waals surface area contributed by atoms with E-state index in [9.17, 15) is 4.79 Å². The Morgan fingerprint density at radius 2 is 1.94 bits per heavy atom. The van der Waals surface area contributed by atoms with Crippen LogP contribution >= 0.6 is 0 Å². The molecule has 1 aliphatic rings. The molecule has 1 nitrogen and oxygen atoms in total. The van der Waals surface area contributed by atoms with Gasteiger partial charge in [-0.1, -0.05) is 0 Å². The normalized spacial score (nSPS) is 19.1. The van der Waals surface area contributed by atoms with E-state index in [1.807, 2.05) is 0 Å². The number of ketones is 1. The van der Waals surface area contributed by atoms with Gasteiger partial charge in [0.05, 0.1) is 0 Å². The van der Waals surface area contributed by atoms with Gasteiger partial charge in [-0.2, -0.15) is 0 Å². The summed E-state index contributed by atoms with van der Waals surface area (Å²) >= 11 is -0.261. The first-order chi connectivity index (χ1) is 8.38. The molecule has 18 heavy (non-hydrogen) atoms. The van der Waals surface area contributed by atoms with E-state index < -0.39 is 0 Å². The fraction of sp³-hybridized carbons (Fsp3) is 0.438. The molecule has 0 saturated heterocycles. The first kappa shape index (κ1) is 13.8. The van der Waals surface area contributed by atoms with Crippen molar-refractivity contribution in [3.8, 4) is 0 Å². The van der Waals surface area contributed by atoms with Crippen molar-refractivity contribution >= 4 is 30.3 Å². The maximum atomic E-state index is 11.5. The molecule has 0 radical (unpaired) electrons. The average molecular weight is 356 g/mol. The predicted octanol–water partition coefficient (Wildman–Crippen LogP) is 3.02. The molecule has 96 valence electrons. The molecular formula is C16H20OTe. The van der Waals surface area contributed by atoms with Crippen molar-refractivity contribution in [2.24, 2.45) is 5.41 Å². The molecule has 1 atom stereocenters. The number of Topliss-reactive ketones (excluding diaryl/α,β-unsaturated/α-hetero) is 1. The van der Waals surface area contributed by atoms with Gasteiger partial charge in [-0.25, -0.2) is 0 Å². The van der Waals surface area contributed by atoms with Gasteiger partial charge >= 0.3 is 120 Å². The van der Waals surface area contributed by atoms with Crippen LogP contribution in [0.25, 0.3) is 0 Å². The van der Waals surface area contributed by atoms with Gasteiger partial charge in [0.2, 0.25) is 0 Å². The third kappa shape index (κ3) is 3.05. The summed E-state index contributed by atoms with van der Waals surface area (Å²) in [6, 6.07) is 8.67. The van der Waals surface area contributed by atoms with Crippen molar-refractivity contribution in [1.29, 1.82) is 0 Å². The molecule has 1 aliphatic heterocycles. The van der Waals surface area contributed by atoms with Crippen LogP contribution in [0.3, 0.4) is 0 Å². The number of hydrogen-bond donors (Lipinski definition) is 0. The summed E-state index contributed by atoms with van der Waals surface area (Å²) in [4.78, 5) is 11.5. The van der Waals surface area contributed by atoms with E-state index in [0.717, 1.165) is 0 Å². The van der Waals surface area contributed by atoms with Gasteiger partial charge in [0.1, 0.15) is 0 Å². The number of fused-ring (bicyclic) bond motifs is 1. The minimum atomic E-state index is -0.261. The minimum absolute atomic E-state index is 0.241. The second-order valence-corrected chi connectivity index (χ2v) is 9.03. The van der Waals surface area contributed by atoms with Crippen LogP contribution in [0.2, 0.25) is 0 Å². The van der Waals surface area contributed by atoms with Crippen LogP contribution in [0.4, 0.5) is 0 Å². The van der Waals surface area contributed by atoms with Crippen LogP contribution in [0.15, 0.2) is 34.0 Å². The molecule has 0 N–H and O–H groups in total. The first-order valence-corrected chi connectivity index (χ1v) is 8.69. The second kappa shape index (κ2) is 5.19. The van der Waals surface area contributed by atoms with Gasteiger partial charge in [-0.3, -0.25) is 0 Å². The molecular weight excluding hydrogens is 336 g/mol. The van der Waals surface area contributed by atoms with Gasteiger partial charge in [0.25, 0.3) is 0 Å². The monoisotopic (exact) mass is 358 g/mol. The van der Waals surface area contributed by atoms with Crippen molar-refractivity contribution in [3.63, 3.8) is 0 Å². The quantitative estimate of drug-likeness (QED) is 0.745. The Bertz CT molecular complexity index is 494. The van der Waals surface area contributed by atoms with Crippen LogP contribution in [-0.2, 0) is 4.79 Å².